The topological polar surface area (TPSA) is 82.5 Å². The van der Waals surface area contributed by atoms with E-state index in [4.69, 9.17) is 5.73 Å². The average Bonchev–Trinajstić information content (AvgIpc) is 3.00. The fraction of sp³-hybridized carbons (Fsp3) is 0.667. The summed E-state index contributed by atoms with van der Waals surface area (Å²) in [4.78, 5) is 5.37. The van der Waals surface area contributed by atoms with Crippen molar-refractivity contribution in [3.8, 4) is 0 Å². The number of aryl methyl sites for hydroxylation is 2. The number of hydrogen-bond acceptors (Lipinski definition) is 6. The Kier molecular flexibility index (Phi) is 4.98. The molecule has 2 N–H and O–H groups in total. The van der Waals surface area contributed by atoms with Crippen molar-refractivity contribution in [1.82, 2.24) is 24.4 Å². The van der Waals surface area contributed by atoms with E-state index in [1.807, 2.05) is 4.68 Å². The van der Waals surface area contributed by atoms with Crippen LogP contribution < -0.4 is 5.73 Å². The van der Waals surface area contributed by atoms with E-state index in [0.29, 0.717) is 6.42 Å². The number of nitrogens with two attached hydrogens (primary N) is 1. The van der Waals surface area contributed by atoms with Crippen LogP contribution in [0.1, 0.15) is 49.1 Å². The first-order valence-corrected chi connectivity index (χ1v) is 7.47. The molecule has 2 heterocycles. The van der Waals surface area contributed by atoms with Gasteiger partial charge in [-0.3, -0.25) is 4.68 Å². The highest BCUT2D eigenvalue weighted by atomic mass is 32.1. The molecule has 19 heavy (non-hydrogen) atoms. The van der Waals surface area contributed by atoms with Gasteiger partial charge < -0.3 is 5.73 Å². The molecule has 0 spiro atoms. The van der Waals surface area contributed by atoms with Gasteiger partial charge >= 0.3 is 0 Å². The van der Waals surface area contributed by atoms with Crippen LogP contribution in [-0.4, -0.2) is 24.4 Å². The fourth-order valence-corrected chi connectivity index (χ4v) is 2.74. The molecule has 104 valence electrons. The van der Waals surface area contributed by atoms with Crippen LogP contribution in [0.25, 0.3) is 0 Å². The lowest BCUT2D eigenvalue weighted by molar-refractivity contribution is 0.548. The van der Waals surface area contributed by atoms with Crippen LogP contribution in [-0.2, 0) is 19.4 Å². The first kappa shape index (κ1) is 14.1. The zero-order valence-corrected chi connectivity index (χ0v) is 12.2. The Morgan fingerprint density at radius 2 is 2.21 bits per heavy atom. The van der Waals surface area contributed by atoms with Gasteiger partial charge in [0.1, 0.15) is 12.2 Å². The van der Waals surface area contributed by atoms with Crippen LogP contribution in [0.15, 0.2) is 6.33 Å². The lowest BCUT2D eigenvalue weighted by Crippen LogP contribution is -2.17. The van der Waals surface area contributed by atoms with E-state index in [2.05, 4.69) is 33.5 Å². The Morgan fingerprint density at radius 1 is 1.37 bits per heavy atom. The van der Waals surface area contributed by atoms with Crippen LogP contribution in [0.2, 0.25) is 0 Å². The summed E-state index contributed by atoms with van der Waals surface area (Å²) < 4.78 is 5.94. The molecule has 6 nitrogen and oxygen atoms in total. The molecule has 1 atom stereocenters. The standard InChI is InChI=1S/C12H20N6S/c1-3-5-10-12(19-17-16-10)9(13)7-11-14-8-15-18(11)6-4-2/h8-9H,3-7,13H2,1-2H3. The quantitative estimate of drug-likeness (QED) is 0.835. The lowest BCUT2D eigenvalue weighted by atomic mass is 10.1. The molecule has 0 aromatic carbocycles. The van der Waals surface area contributed by atoms with Gasteiger partial charge in [-0.05, 0) is 24.4 Å². The van der Waals surface area contributed by atoms with E-state index < -0.39 is 0 Å². The van der Waals surface area contributed by atoms with Crippen molar-refractivity contribution in [2.24, 2.45) is 5.73 Å². The van der Waals surface area contributed by atoms with Crippen molar-refractivity contribution in [3.63, 3.8) is 0 Å². The summed E-state index contributed by atoms with van der Waals surface area (Å²) in [6, 6.07) is -0.0960. The predicted octanol–water partition coefficient (Wildman–Crippen LogP) is 1.73. The zero-order chi connectivity index (χ0) is 13.7. The van der Waals surface area contributed by atoms with Crippen molar-refractivity contribution >= 4 is 11.5 Å². The van der Waals surface area contributed by atoms with E-state index >= 15 is 0 Å². The molecule has 7 heteroatoms. The third-order valence-corrected chi connectivity index (χ3v) is 3.84. The number of hydrogen-bond donors (Lipinski definition) is 1. The molecule has 0 aliphatic heterocycles. The summed E-state index contributed by atoms with van der Waals surface area (Å²) in [6.07, 6.45) is 5.29. The number of rotatable bonds is 7. The molecule has 0 radical (unpaired) electrons. The van der Waals surface area contributed by atoms with Gasteiger partial charge in [0.2, 0.25) is 0 Å². The molecule has 2 rings (SSSR count). The molecule has 0 bridgehead atoms. The Bertz CT molecular complexity index is 506. The van der Waals surface area contributed by atoms with Gasteiger partial charge in [-0.1, -0.05) is 24.8 Å². The van der Waals surface area contributed by atoms with Gasteiger partial charge in [0, 0.05) is 19.0 Å². The maximum Gasteiger partial charge on any atom is 0.138 e. The number of nitrogens with zero attached hydrogens (tertiary/aromatic N) is 5. The minimum atomic E-state index is -0.0960. The van der Waals surface area contributed by atoms with Crippen LogP contribution >= 0.6 is 11.5 Å². The highest BCUT2D eigenvalue weighted by molar-refractivity contribution is 7.05. The van der Waals surface area contributed by atoms with E-state index in [0.717, 1.165) is 42.2 Å². The molecule has 0 amide bonds. The van der Waals surface area contributed by atoms with Gasteiger partial charge in [-0.2, -0.15) is 5.10 Å². The molecule has 0 aliphatic carbocycles. The maximum atomic E-state index is 6.28. The maximum absolute atomic E-state index is 6.28. The molecule has 0 aliphatic rings. The van der Waals surface area contributed by atoms with Crippen LogP contribution in [0.5, 0.6) is 0 Å². The Hall–Kier alpha value is -1.34. The Labute approximate surface area is 117 Å². The largest absolute Gasteiger partial charge is 0.323 e. The van der Waals surface area contributed by atoms with Crippen LogP contribution in [0.3, 0.4) is 0 Å². The molecule has 2 aromatic rings. The molecule has 0 saturated heterocycles. The molecule has 0 saturated carbocycles. The molecular formula is C12H20N6S. The Balaban J connectivity index is 2.09. The van der Waals surface area contributed by atoms with Gasteiger partial charge in [-0.25, -0.2) is 4.98 Å². The monoisotopic (exact) mass is 280 g/mol. The normalized spacial score (nSPS) is 12.8. The Morgan fingerprint density at radius 3 is 2.95 bits per heavy atom. The summed E-state index contributed by atoms with van der Waals surface area (Å²) in [5.74, 6) is 0.935. The summed E-state index contributed by atoms with van der Waals surface area (Å²) in [5.41, 5.74) is 7.31. The van der Waals surface area contributed by atoms with E-state index in [1.165, 1.54) is 11.5 Å². The third kappa shape index (κ3) is 3.36. The van der Waals surface area contributed by atoms with Gasteiger partial charge in [0.15, 0.2) is 0 Å². The van der Waals surface area contributed by atoms with Crippen molar-refractivity contribution in [1.29, 1.82) is 0 Å². The minimum absolute atomic E-state index is 0.0960. The molecule has 1 unspecified atom stereocenters. The summed E-state index contributed by atoms with van der Waals surface area (Å²) in [5, 5.41) is 8.38. The number of aromatic nitrogens is 5. The second-order valence-electron chi connectivity index (χ2n) is 4.54. The first-order valence-electron chi connectivity index (χ1n) is 6.69. The summed E-state index contributed by atoms with van der Waals surface area (Å²) in [6.45, 7) is 5.13. The third-order valence-electron chi connectivity index (χ3n) is 2.94. The summed E-state index contributed by atoms with van der Waals surface area (Å²) >= 11 is 1.40. The molecule has 2 aromatic heterocycles. The van der Waals surface area contributed by atoms with Crippen molar-refractivity contribution in [2.45, 2.75) is 52.1 Å². The second-order valence-corrected chi connectivity index (χ2v) is 5.33. The smallest absolute Gasteiger partial charge is 0.138 e. The summed E-state index contributed by atoms with van der Waals surface area (Å²) in [7, 11) is 0. The van der Waals surface area contributed by atoms with Crippen LogP contribution in [0.4, 0.5) is 0 Å². The highest BCUT2D eigenvalue weighted by Gasteiger charge is 2.18. The highest BCUT2D eigenvalue weighted by Crippen LogP contribution is 2.22. The van der Waals surface area contributed by atoms with Gasteiger partial charge in [0.25, 0.3) is 0 Å². The fourth-order valence-electron chi connectivity index (χ4n) is 2.04. The van der Waals surface area contributed by atoms with E-state index in [-0.39, 0.29) is 6.04 Å². The van der Waals surface area contributed by atoms with E-state index in [9.17, 15) is 0 Å². The van der Waals surface area contributed by atoms with Gasteiger partial charge in [-0.15, -0.1) is 5.10 Å². The molecular weight excluding hydrogens is 260 g/mol. The minimum Gasteiger partial charge on any atom is -0.323 e. The van der Waals surface area contributed by atoms with Crippen molar-refractivity contribution in [2.75, 3.05) is 0 Å². The predicted molar refractivity (Wildman–Crippen MR) is 74.8 cm³/mol. The van der Waals surface area contributed by atoms with Gasteiger partial charge in [0.05, 0.1) is 10.6 Å². The van der Waals surface area contributed by atoms with Crippen molar-refractivity contribution in [3.05, 3.63) is 22.7 Å². The average molecular weight is 280 g/mol. The SMILES string of the molecule is CCCc1nnsc1C(N)Cc1ncnn1CCC. The zero-order valence-electron chi connectivity index (χ0n) is 11.4. The van der Waals surface area contributed by atoms with E-state index in [1.54, 1.807) is 6.33 Å². The van der Waals surface area contributed by atoms with Crippen LogP contribution in [0, 0.1) is 0 Å². The first-order chi connectivity index (χ1) is 9.26. The molecule has 0 fully saturated rings. The second kappa shape index (κ2) is 6.72. The van der Waals surface area contributed by atoms with Crippen molar-refractivity contribution < 1.29 is 0 Å². The lowest BCUT2D eigenvalue weighted by Gasteiger charge is -2.11.